The number of piperidine rings is 1. The number of nitrogens with zero attached hydrogens (tertiary/aromatic N) is 3. The van der Waals surface area contributed by atoms with Crippen LogP contribution in [-0.4, -0.2) is 78.4 Å². The standard InChI is InChI=1S/C27H36N4O6S/c1-5-37-26(35)20-7-6-12-30(15-20)24(33)13-21-17-38-27(28-21)29-23(32)16-31(14-18(2)3)25(34)19-8-10-22(36-4)11-9-19/h8-11,17-18,20H,5-7,12-16H2,1-4H3,(H,28,29,32). The lowest BCUT2D eigenvalue weighted by molar-refractivity contribution is -0.151. The Morgan fingerprint density at radius 3 is 2.61 bits per heavy atom. The van der Waals surface area contributed by atoms with E-state index in [2.05, 4.69) is 10.3 Å². The Hall–Kier alpha value is -3.47. The molecule has 10 nitrogen and oxygen atoms in total. The zero-order chi connectivity index (χ0) is 27.7. The molecule has 1 aromatic carbocycles. The van der Waals surface area contributed by atoms with Gasteiger partial charge in [0.05, 0.1) is 31.7 Å². The number of aromatic nitrogens is 1. The molecule has 0 saturated carbocycles. The van der Waals surface area contributed by atoms with Crippen LogP contribution in [0, 0.1) is 11.8 Å². The van der Waals surface area contributed by atoms with Crippen molar-refractivity contribution in [1.29, 1.82) is 0 Å². The van der Waals surface area contributed by atoms with E-state index in [0.29, 0.717) is 54.8 Å². The van der Waals surface area contributed by atoms with Crippen LogP contribution in [0.3, 0.4) is 0 Å². The van der Waals surface area contributed by atoms with Crippen LogP contribution in [0.4, 0.5) is 5.13 Å². The van der Waals surface area contributed by atoms with E-state index in [1.807, 2.05) is 13.8 Å². The Balaban J connectivity index is 1.56. The number of carbonyl (C=O) groups excluding carboxylic acids is 4. The normalized spacial score (nSPS) is 15.2. The van der Waals surface area contributed by atoms with Crippen LogP contribution in [0.5, 0.6) is 5.75 Å². The molecule has 38 heavy (non-hydrogen) atoms. The van der Waals surface area contributed by atoms with Gasteiger partial charge in [0.25, 0.3) is 5.91 Å². The minimum absolute atomic E-state index is 0.0807. The molecule has 206 valence electrons. The number of rotatable bonds is 11. The summed E-state index contributed by atoms with van der Waals surface area (Å²) in [6.07, 6.45) is 1.54. The number of hydrogen-bond acceptors (Lipinski definition) is 8. The number of ether oxygens (including phenoxy) is 2. The topological polar surface area (TPSA) is 118 Å². The van der Waals surface area contributed by atoms with Crippen LogP contribution in [-0.2, 0) is 25.5 Å². The lowest BCUT2D eigenvalue weighted by Gasteiger charge is -2.31. The van der Waals surface area contributed by atoms with Crippen LogP contribution in [0.2, 0.25) is 0 Å². The molecule has 1 aliphatic heterocycles. The number of thiazole rings is 1. The van der Waals surface area contributed by atoms with Crippen LogP contribution >= 0.6 is 11.3 Å². The summed E-state index contributed by atoms with van der Waals surface area (Å²) in [6, 6.07) is 6.77. The number of methoxy groups -OCH3 is 1. The van der Waals surface area contributed by atoms with E-state index < -0.39 is 0 Å². The molecular formula is C27H36N4O6S. The van der Waals surface area contributed by atoms with E-state index in [-0.39, 0.29) is 48.5 Å². The summed E-state index contributed by atoms with van der Waals surface area (Å²) < 4.78 is 10.3. The van der Waals surface area contributed by atoms with Crippen LogP contribution < -0.4 is 10.1 Å². The number of benzene rings is 1. The highest BCUT2D eigenvalue weighted by atomic mass is 32.1. The zero-order valence-corrected chi connectivity index (χ0v) is 23.2. The van der Waals surface area contributed by atoms with Gasteiger partial charge in [0.2, 0.25) is 11.8 Å². The molecule has 1 fully saturated rings. The van der Waals surface area contributed by atoms with Crippen LogP contribution in [0.1, 0.15) is 49.7 Å². The second kappa shape index (κ2) is 13.9. The average molecular weight is 545 g/mol. The number of esters is 1. The highest BCUT2D eigenvalue weighted by Crippen LogP contribution is 2.21. The maximum absolute atomic E-state index is 13.1. The Kier molecular flexibility index (Phi) is 10.6. The molecule has 0 spiro atoms. The number of amides is 3. The van der Waals surface area contributed by atoms with Gasteiger partial charge in [-0.1, -0.05) is 13.8 Å². The molecule has 3 rings (SSSR count). The first-order valence-corrected chi connectivity index (χ1v) is 13.7. The fraction of sp³-hybridized carbons (Fsp3) is 0.519. The van der Waals surface area contributed by atoms with Gasteiger partial charge in [-0.2, -0.15) is 0 Å². The average Bonchev–Trinajstić information content (AvgIpc) is 3.34. The van der Waals surface area contributed by atoms with Gasteiger partial charge in [0, 0.05) is 30.6 Å². The van der Waals surface area contributed by atoms with Crippen molar-refractivity contribution in [2.24, 2.45) is 11.8 Å². The van der Waals surface area contributed by atoms with Gasteiger partial charge >= 0.3 is 5.97 Å². The Labute approximate surface area is 227 Å². The van der Waals surface area contributed by atoms with E-state index in [0.717, 1.165) is 6.42 Å². The van der Waals surface area contributed by atoms with E-state index in [1.54, 1.807) is 48.6 Å². The monoisotopic (exact) mass is 544 g/mol. The fourth-order valence-electron chi connectivity index (χ4n) is 4.28. The zero-order valence-electron chi connectivity index (χ0n) is 22.4. The van der Waals surface area contributed by atoms with Crippen LogP contribution in [0.25, 0.3) is 0 Å². The van der Waals surface area contributed by atoms with Crippen molar-refractivity contribution in [3.05, 3.63) is 40.9 Å². The minimum atomic E-state index is -0.368. The first-order valence-electron chi connectivity index (χ1n) is 12.8. The summed E-state index contributed by atoms with van der Waals surface area (Å²) in [5.41, 5.74) is 1.01. The lowest BCUT2D eigenvalue weighted by Crippen LogP contribution is -2.43. The van der Waals surface area contributed by atoms with E-state index in [4.69, 9.17) is 9.47 Å². The van der Waals surface area contributed by atoms with Crippen molar-refractivity contribution in [1.82, 2.24) is 14.8 Å². The summed E-state index contributed by atoms with van der Waals surface area (Å²) in [5.74, 6) is -0.478. The third kappa shape index (κ3) is 8.27. The molecule has 0 bridgehead atoms. The van der Waals surface area contributed by atoms with Crippen molar-refractivity contribution >= 4 is 40.2 Å². The molecule has 1 saturated heterocycles. The SMILES string of the molecule is CCOC(=O)C1CCCN(C(=O)Cc2csc(NC(=O)CN(CC(C)C)C(=O)c3ccc(OC)cc3)n2)C1. The molecule has 0 radical (unpaired) electrons. The largest absolute Gasteiger partial charge is 0.497 e. The Morgan fingerprint density at radius 2 is 1.95 bits per heavy atom. The Morgan fingerprint density at radius 1 is 1.21 bits per heavy atom. The van der Waals surface area contributed by atoms with Crippen LogP contribution in [0.15, 0.2) is 29.6 Å². The highest BCUT2D eigenvalue weighted by molar-refractivity contribution is 7.13. The molecule has 1 unspecified atom stereocenters. The summed E-state index contributed by atoms with van der Waals surface area (Å²) in [5, 5.41) is 4.84. The molecule has 3 amide bonds. The number of carbonyl (C=O) groups is 4. The van der Waals surface area contributed by atoms with E-state index in [1.165, 1.54) is 16.2 Å². The summed E-state index contributed by atoms with van der Waals surface area (Å²) in [6.45, 7) is 7.28. The minimum Gasteiger partial charge on any atom is -0.497 e. The second-order valence-electron chi connectivity index (χ2n) is 9.61. The van der Waals surface area contributed by atoms with E-state index in [9.17, 15) is 19.2 Å². The second-order valence-corrected chi connectivity index (χ2v) is 10.5. The van der Waals surface area contributed by atoms with Crippen molar-refractivity contribution in [3.8, 4) is 5.75 Å². The van der Waals surface area contributed by atoms with Gasteiger partial charge in [-0.3, -0.25) is 19.2 Å². The number of hydrogen-bond donors (Lipinski definition) is 1. The molecule has 1 aliphatic rings. The highest BCUT2D eigenvalue weighted by Gasteiger charge is 2.29. The summed E-state index contributed by atoms with van der Waals surface area (Å²) >= 11 is 1.22. The number of nitrogens with one attached hydrogen (secondary N) is 1. The molecule has 0 aliphatic carbocycles. The molecule has 1 atom stereocenters. The molecule has 2 heterocycles. The van der Waals surface area contributed by atoms with Crippen molar-refractivity contribution in [2.45, 2.75) is 40.0 Å². The van der Waals surface area contributed by atoms with E-state index >= 15 is 0 Å². The van der Waals surface area contributed by atoms with Gasteiger partial charge in [-0.15, -0.1) is 11.3 Å². The molecule has 2 aromatic rings. The Bertz CT molecular complexity index is 1120. The van der Waals surface area contributed by atoms with Gasteiger partial charge in [0.1, 0.15) is 12.3 Å². The molecular weight excluding hydrogens is 508 g/mol. The molecule has 11 heteroatoms. The lowest BCUT2D eigenvalue weighted by atomic mass is 9.98. The quantitative estimate of drug-likeness (QED) is 0.432. The first kappa shape index (κ1) is 29.1. The smallest absolute Gasteiger partial charge is 0.310 e. The first-order chi connectivity index (χ1) is 18.2. The summed E-state index contributed by atoms with van der Waals surface area (Å²) in [4.78, 5) is 58.3. The fourth-order valence-corrected chi connectivity index (χ4v) is 5.00. The van der Waals surface area contributed by atoms with Gasteiger partial charge in [-0.05, 0) is 49.9 Å². The van der Waals surface area contributed by atoms with Gasteiger partial charge in [-0.25, -0.2) is 4.98 Å². The predicted octanol–water partition coefficient (Wildman–Crippen LogP) is 3.23. The number of anilines is 1. The number of likely N-dealkylation sites (tertiary alicyclic amines) is 1. The third-order valence-electron chi connectivity index (χ3n) is 6.07. The van der Waals surface area contributed by atoms with Gasteiger partial charge < -0.3 is 24.6 Å². The van der Waals surface area contributed by atoms with Crippen molar-refractivity contribution in [3.63, 3.8) is 0 Å². The predicted molar refractivity (Wildman–Crippen MR) is 144 cm³/mol. The third-order valence-corrected chi connectivity index (χ3v) is 6.88. The van der Waals surface area contributed by atoms with Gasteiger partial charge in [0.15, 0.2) is 5.13 Å². The molecule has 1 N–H and O–H groups in total. The molecule has 1 aromatic heterocycles. The maximum Gasteiger partial charge on any atom is 0.310 e. The summed E-state index contributed by atoms with van der Waals surface area (Å²) in [7, 11) is 1.56. The van der Waals surface area contributed by atoms with Crippen molar-refractivity contribution < 1.29 is 28.7 Å². The van der Waals surface area contributed by atoms with Crippen molar-refractivity contribution in [2.75, 3.05) is 45.2 Å². The maximum atomic E-state index is 13.1.